The average Bonchev–Trinajstić information content (AvgIpc) is 2.92. The van der Waals surface area contributed by atoms with Crippen molar-refractivity contribution < 1.29 is 9.47 Å². The van der Waals surface area contributed by atoms with Crippen LogP contribution >= 0.6 is 0 Å². The van der Waals surface area contributed by atoms with Crippen LogP contribution in [0.3, 0.4) is 0 Å². The molecule has 1 rings (SSSR count). The van der Waals surface area contributed by atoms with E-state index in [0.29, 0.717) is 6.10 Å². The molecule has 1 aliphatic heterocycles. The maximum absolute atomic E-state index is 5.56. The zero-order valence-electron chi connectivity index (χ0n) is 12.8. The standard InChI is InChI=1S/C10H21NO2.2C2H6/c1-3-11(9-12-2)7-6-10-5-4-8-13-10;2*1-2/h10H,3-9H2,1-2H3;2*1-2H3. The van der Waals surface area contributed by atoms with Crippen molar-refractivity contribution in [2.75, 3.05) is 33.5 Å². The van der Waals surface area contributed by atoms with Crippen LogP contribution in [0.25, 0.3) is 0 Å². The molecule has 0 saturated carbocycles. The van der Waals surface area contributed by atoms with Crippen LogP contribution in [0.1, 0.15) is 53.9 Å². The molecule has 1 fully saturated rings. The first-order valence-electron chi connectivity index (χ1n) is 7.19. The molecule has 0 aromatic rings. The van der Waals surface area contributed by atoms with Gasteiger partial charge in [-0.2, -0.15) is 0 Å². The van der Waals surface area contributed by atoms with Gasteiger partial charge in [0.2, 0.25) is 0 Å². The zero-order valence-corrected chi connectivity index (χ0v) is 12.8. The van der Waals surface area contributed by atoms with E-state index in [4.69, 9.17) is 9.47 Å². The van der Waals surface area contributed by atoms with E-state index in [9.17, 15) is 0 Å². The van der Waals surface area contributed by atoms with Crippen LogP contribution in [0.15, 0.2) is 0 Å². The monoisotopic (exact) mass is 247 g/mol. The summed E-state index contributed by atoms with van der Waals surface area (Å²) in [5.74, 6) is 0. The van der Waals surface area contributed by atoms with E-state index in [1.165, 1.54) is 12.8 Å². The molecule has 0 amide bonds. The highest BCUT2D eigenvalue weighted by atomic mass is 16.5. The van der Waals surface area contributed by atoms with Crippen molar-refractivity contribution in [2.24, 2.45) is 0 Å². The Morgan fingerprint density at radius 1 is 1.24 bits per heavy atom. The Balaban J connectivity index is 0. The highest BCUT2D eigenvalue weighted by Gasteiger charge is 2.15. The summed E-state index contributed by atoms with van der Waals surface area (Å²) in [5.41, 5.74) is 0. The third kappa shape index (κ3) is 10.7. The largest absolute Gasteiger partial charge is 0.378 e. The molecule has 0 aliphatic carbocycles. The van der Waals surface area contributed by atoms with Crippen molar-refractivity contribution in [1.82, 2.24) is 4.90 Å². The van der Waals surface area contributed by atoms with Gasteiger partial charge in [0.05, 0.1) is 12.8 Å². The molecule has 106 valence electrons. The van der Waals surface area contributed by atoms with Crippen LogP contribution in [0.4, 0.5) is 0 Å². The lowest BCUT2D eigenvalue weighted by Gasteiger charge is -2.20. The smallest absolute Gasteiger partial charge is 0.0986 e. The first kappa shape index (κ1) is 19.2. The zero-order chi connectivity index (χ0) is 13.5. The van der Waals surface area contributed by atoms with E-state index in [1.807, 2.05) is 27.7 Å². The maximum Gasteiger partial charge on any atom is 0.0986 e. The summed E-state index contributed by atoms with van der Waals surface area (Å²) in [4.78, 5) is 2.29. The van der Waals surface area contributed by atoms with Gasteiger partial charge in [-0.15, -0.1) is 0 Å². The molecule has 1 unspecified atom stereocenters. The summed E-state index contributed by atoms with van der Waals surface area (Å²) in [7, 11) is 1.74. The van der Waals surface area contributed by atoms with Gasteiger partial charge in [0.1, 0.15) is 0 Å². The molecule has 17 heavy (non-hydrogen) atoms. The molecular formula is C14H33NO2. The summed E-state index contributed by atoms with van der Waals surface area (Å²) in [6.07, 6.45) is 4.13. The molecule has 1 aliphatic rings. The molecule has 0 spiro atoms. The number of hydrogen-bond donors (Lipinski definition) is 0. The Morgan fingerprint density at radius 2 is 1.88 bits per heavy atom. The van der Waals surface area contributed by atoms with Gasteiger partial charge in [0.25, 0.3) is 0 Å². The topological polar surface area (TPSA) is 21.7 Å². The lowest BCUT2D eigenvalue weighted by Crippen LogP contribution is -2.28. The van der Waals surface area contributed by atoms with Crippen LogP contribution in [0.2, 0.25) is 0 Å². The summed E-state index contributed by atoms with van der Waals surface area (Å²) in [6, 6.07) is 0. The van der Waals surface area contributed by atoms with Gasteiger partial charge in [0.15, 0.2) is 0 Å². The fourth-order valence-electron chi connectivity index (χ4n) is 1.70. The third-order valence-corrected chi connectivity index (χ3v) is 2.55. The Morgan fingerprint density at radius 3 is 2.29 bits per heavy atom. The van der Waals surface area contributed by atoms with Crippen LogP contribution in [0, 0.1) is 0 Å². The van der Waals surface area contributed by atoms with Crippen molar-refractivity contribution in [3.63, 3.8) is 0 Å². The fraction of sp³-hybridized carbons (Fsp3) is 1.00. The number of rotatable bonds is 6. The second kappa shape index (κ2) is 15.9. The Hall–Kier alpha value is -0.120. The number of nitrogens with zero attached hydrogens (tertiary/aromatic N) is 1. The predicted octanol–water partition coefficient (Wildman–Crippen LogP) is 3.53. The maximum atomic E-state index is 5.56. The van der Waals surface area contributed by atoms with E-state index < -0.39 is 0 Å². The number of ether oxygens (including phenoxy) is 2. The van der Waals surface area contributed by atoms with Gasteiger partial charge in [-0.25, -0.2) is 0 Å². The van der Waals surface area contributed by atoms with E-state index in [1.54, 1.807) is 7.11 Å². The first-order chi connectivity index (χ1) is 8.36. The van der Waals surface area contributed by atoms with Gasteiger partial charge < -0.3 is 9.47 Å². The SMILES string of the molecule is CC.CC.CCN(CCC1CCCO1)COC. The average molecular weight is 247 g/mol. The van der Waals surface area contributed by atoms with Crippen LogP contribution in [-0.2, 0) is 9.47 Å². The van der Waals surface area contributed by atoms with Crippen molar-refractivity contribution in [2.45, 2.75) is 60.0 Å². The van der Waals surface area contributed by atoms with Crippen molar-refractivity contribution >= 4 is 0 Å². The normalized spacial score (nSPS) is 18.2. The molecular weight excluding hydrogens is 214 g/mol. The Labute approximate surface area is 108 Å². The molecule has 0 radical (unpaired) electrons. The van der Waals surface area contributed by atoms with Gasteiger partial charge in [-0.05, 0) is 25.8 Å². The number of methoxy groups -OCH3 is 1. The molecule has 1 heterocycles. The second-order valence-electron chi connectivity index (χ2n) is 3.55. The number of hydrogen-bond acceptors (Lipinski definition) is 3. The molecule has 0 aromatic carbocycles. The summed E-state index contributed by atoms with van der Waals surface area (Å²) in [6.45, 7) is 14.0. The Bertz CT molecular complexity index is 125. The highest BCUT2D eigenvalue weighted by Crippen LogP contribution is 2.15. The molecule has 1 saturated heterocycles. The van der Waals surface area contributed by atoms with Crippen molar-refractivity contribution in [3.8, 4) is 0 Å². The minimum Gasteiger partial charge on any atom is -0.378 e. The molecule has 0 N–H and O–H groups in total. The molecule has 3 nitrogen and oxygen atoms in total. The predicted molar refractivity (Wildman–Crippen MR) is 75.4 cm³/mol. The Kier molecular flexibility index (Phi) is 18.0. The quantitative estimate of drug-likeness (QED) is 0.670. The second-order valence-corrected chi connectivity index (χ2v) is 3.55. The lowest BCUT2D eigenvalue weighted by molar-refractivity contribution is 0.0455. The lowest BCUT2D eigenvalue weighted by atomic mass is 10.2. The van der Waals surface area contributed by atoms with E-state index >= 15 is 0 Å². The molecule has 0 bridgehead atoms. The first-order valence-corrected chi connectivity index (χ1v) is 7.19. The summed E-state index contributed by atoms with van der Waals surface area (Å²) >= 11 is 0. The van der Waals surface area contributed by atoms with Crippen LogP contribution < -0.4 is 0 Å². The van der Waals surface area contributed by atoms with Gasteiger partial charge in [0, 0.05) is 20.3 Å². The van der Waals surface area contributed by atoms with Gasteiger partial charge in [-0.3, -0.25) is 4.90 Å². The third-order valence-electron chi connectivity index (χ3n) is 2.55. The van der Waals surface area contributed by atoms with Crippen LogP contribution in [-0.4, -0.2) is 44.5 Å². The summed E-state index contributed by atoms with van der Waals surface area (Å²) < 4.78 is 10.7. The van der Waals surface area contributed by atoms with E-state index in [2.05, 4.69) is 11.8 Å². The molecule has 3 heteroatoms. The summed E-state index contributed by atoms with van der Waals surface area (Å²) in [5, 5.41) is 0. The molecule has 1 atom stereocenters. The minimum atomic E-state index is 0.505. The van der Waals surface area contributed by atoms with E-state index in [0.717, 1.165) is 32.8 Å². The van der Waals surface area contributed by atoms with Gasteiger partial charge >= 0.3 is 0 Å². The fourth-order valence-corrected chi connectivity index (χ4v) is 1.70. The van der Waals surface area contributed by atoms with Crippen molar-refractivity contribution in [1.29, 1.82) is 0 Å². The van der Waals surface area contributed by atoms with Crippen molar-refractivity contribution in [3.05, 3.63) is 0 Å². The molecule has 0 aromatic heterocycles. The minimum absolute atomic E-state index is 0.505. The van der Waals surface area contributed by atoms with E-state index in [-0.39, 0.29) is 0 Å². The van der Waals surface area contributed by atoms with Crippen LogP contribution in [0.5, 0.6) is 0 Å². The highest BCUT2D eigenvalue weighted by molar-refractivity contribution is 4.66. The van der Waals surface area contributed by atoms with Gasteiger partial charge in [-0.1, -0.05) is 34.6 Å².